The lowest BCUT2D eigenvalue weighted by atomic mass is 10.1. The van der Waals surface area contributed by atoms with E-state index < -0.39 is 11.9 Å². The van der Waals surface area contributed by atoms with Crippen LogP contribution in [0.4, 0.5) is 13.2 Å². The highest BCUT2D eigenvalue weighted by Crippen LogP contribution is 2.30. The zero-order chi connectivity index (χ0) is 20.6. The van der Waals surface area contributed by atoms with E-state index in [4.69, 9.17) is 9.47 Å². The number of methoxy groups -OCH3 is 2. The molecule has 0 aliphatic heterocycles. The molecule has 0 bridgehead atoms. The topological polar surface area (TPSA) is 67.8 Å². The number of nitrogens with zero attached hydrogens (tertiary/aromatic N) is 2. The van der Waals surface area contributed by atoms with Crippen molar-refractivity contribution in [3.05, 3.63) is 39.8 Å². The molecular formula is C18H23F3N4O2S. The third-order valence-corrected chi connectivity index (χ3v) is 4.55. The number of alkyl halides is 3. The molecule has 2 N–H and O–H groups in total. The molecule has 2 aromatic rings. The second-order valence-electron chi connectivity index (χ2n) is 5.69. The van der Waals surface area contributed by atoms with Crippen LogP contribution in [0.15, 0.2) is 28.6 Å². The van der Waals surface area contributed by atoms with Crippen molar-refractivity contribution in [1.82, 2.24) is 15.6 Å². The number of halogens is 3. The van der Waals surface area contributed by atoms with Crippen LogP contribution in [0.1, 0.15) is 23.2 Å². The van der Waals surface area contributed by atoms with Crippen molar-refractivity contribution < 1.29 is 22.6 Å². The summed E-state index contributed by atoms with van der Waals surface area (Å²) in [6, 6.07) is 5.69. The molecule has 154 valence electrons. The number of ether oxygens (including phenoxy) is 2. The highest BCUT2D eigenvalue weighted by Gasteiger charge is 2.33. The van der Waals surface area contributed by atoms with Gasteiger partial charge in [-0.15, -0.1) is 11.3 Å². The average molecular weight is 416 g/mol. The van der Waals surface area contributed by atoms with Crippen LogP contribution in [0.2, 0.25) is 0 Å². The van der Waals surface area contributed by atoms with Crippen molar-refractivity contribution in [1.29, 1.82) is 0 Å². The van der Waals surface area contributed by atoms with Crippen molar-refractivity contribution in [3.8, 4) is 11.5 Å². The van der Waals surface area contributed by atoms with Crippen LogP contribution in [-0.4, -0.2) is 38.3 Å². The first-order valence-corrected chi connectivity index (χ1v) is 9.50. The first-order chi connectivity index (χ1) is 13.4. The molecule has 0 spiro atoms. The number of nitrogens with one attached hydrogen (secondary N) is 2. The molecule has 0 amide bonds. The summed E-state index contributed by atoms with van der Waals surface area (Å²) >= 11 is 0.945. The third-order valence-electron chi connectivity index (χ3n) is 3.71. The Bertz CT molecular complexity index is 793. The minimum Gasteiger partial charge on any atom is -0.493 e. The van der Waals surface area contributed by atoms with Gasteiger partial charge in [-0.25, -0.2) is 9.98 Å². The molecule has 0 unspecified atom stereocenters. The largest absolute Gasteiger partial charge is 0.493 e. The molecule has 1 aromatic heterocycles. The minimum atomic E-state index is -4.43. The van der Waals surface area contributed by atoms with Crippen LogP contribution in [0, 0.1) is 0 Å². The summed E-state index contributed by atoms with van der Waals surface area (Å²) in [5, 5.41) is 7.54. The van der Waals surface area contributed by atoms with Gasteiger partial charge in [0.05, 0.1) is 20.8 Å². The monoisotopic (exact) mass is 416 g/mol. The zero-order valence-electron chi connectivity index (χ0n) is 15.9. The second-order valence-corrected chi connectivity index (χ2v) is 6.63. The number of hydrogen-bond acceptors (Lipinski definition) is 5. The van der Waals surface area contributed by atoms with Gasteiger partial charge in [-0.05, 0) is 31.0 Å². The predicted octanol–water partition coefficient (Wildman–Crippen LogP) is 3.48. The predicted molar refractivity (Wildman–Crippen MR) is 103 cm³/mol. The van der Waals surface area contributed by atoms with E-state index in [1.54, 1.807) is 14.2 Å². The van der Waals surface area contributed by atoms with Crippen LogP contribution in [0.5, 0.6) is 11.5 Å². The average Bonchev–Trinajstić information content (AvgIpc) is 3.15. The fraction of sp³-hybridized carbons (Fsp3) is 0.444. The third kappa shape index (κ3) is 6.29. The number of aliphatic imine (C=N–C) groups is 1. The lowest BCUT2D eigenvalue weighted by Crippen LogP contribution is -2.38. The minimum absolute atomic E-state index is 0.0758. The summed E-state index contributed by atoms with van der Waals surface area (Å²) in [7, 11) is 3.16. The van der Waals surface area contributed by atoms with Gasteiger partial charge in [-0.2, -0.15) is 13.2 Å². The first kappa shape index (κ1) is 21.8. The van der Waals surface area contributed by atoms with Crippen LogP contribution >= 0.6 is 11.3 Å². The van der Waals surface area contributed by atoms with Crippen LogP contribution in [0.25, 0.3) is 0 Å². The molecule has 0 fully saturated rings. The Kier molecular flexibility index (Phi) is 7.91. The van der Waals surface area contributed by atoms with Gasteiger partial charge in [-0.1, -0.05) is 6.07 Å². The normalized spacial score (nSPS) is 12.0. The quantitative estimate of drug-likeness (QED) is 0.510. The summed E-state index contributed by atoms with van der Waals surface area (Å²) in [6.07, 6.45) is -3.72. The van der Waals surface area contributed by atoms with Crippen molar-refractivity contribution in [2.75, 3.05) is 27.3 Å². The van der Waals surface area contributed by atoms with Gasteiger partial charge >= 0.3 is 6.18 Å². The fourth-order valence-corrected chi connectivity index (χ4v) is 3.09. The Morgan fingerprint density at radius 1 is 1.18 bits per heavy atom. The van der Waals surface area contributed by atoms with Crippen LogP contribution in [0.3, 0.4) is 0 Å². The first-order valence-electron chi connectivity index (χ1n) is 8.62. The van der Waals surface area contributed by atoms with Gasteiger partial charge in [0.25, 0.3) is 0 Å². The number of guanidine groups is 1. The van der Waals surface area contributed by atoms with E-state index in [0.717, 1.165) is 22.3 Å². The summed E-state index contributed by atoms with van der Waals surface area (Å²) in [5.74, 6) is 1.84. The van der Waals surface area contributed by atoms with E-state index >= 15 is 0 Å². The summed E-state index contributed by atoms with van der Waals surface area (Å²) in [4.78, 5) is 7.88. The molecule has 0 aliphatic carbocycles. The molecule has 6 nitrogen and oxygen atoms in total. The molecule has 0 atom stereocenters. The van der Waals surface area contributed by atoms with Gasteiger partial charge in [-0.3, -0.25) is 0 Å². The van der Waals surface area contributed by atoms with Crippen LogP contribution < -0.4 is 20.1 Å². The Morgan fingerprint density at radius 3 is 2.54 bits per heavy atom. The Hall–Kier alpha value is -2.49. The molecule has 2 rings (SSSR count). The van der Waals surface area contributed by atoms with Crippen molar-refractivity contribution >= 4 is 17.3 Å². The van der Waals surface area contributed by atoms with Gasteiger partial charge in [0, 0.05) is 18.5 Å². The number of thiazole rings is 1. The van der Waals surface area contributed by atoms with Gasteiger partial charge in [0.1, 0.15) is 5.01 Å². The molecule has 1 aromatic carbocycles. The maximum atomic E-state index is 12.6. The smallest absolute Gasteiger partial charge is 0.434 e. The van der Waals surface area contributed by atoms with Gasteiger partial charge in [0.15, 0.2) is 23.2 Å². The maximum absolute atomic E-state index is 12.6. The van der Waals surface area contributed by atoms with E-state index in [-0.39, 0.29) is 6.54 Å². The van der Waals surface area contributed by atoms with Crippen LogP contribution in [-0.2, 0) is 19.1 Å². The number of benzene rings is 1. The molecule has 0 saturated carbocycles. The zero-order valence-corrected chi connectivity index (χ0v) is 16.7. The highest BCUT2D eigenvalue weighted by molar-refractivity contribution is 7.09. The molecule has 28 heavy (non-hydrogen) atoms. The fourth-order valence-electron chi connectivity index (χ4n) is 2.36. The summed E-state index contributed by atoms with van der Waals surface area (Å²) in [5.41, 5.74) is 0.171. The Balaban J connectivity index is 1.93. The van der Waals surface area contributed by atoms with E-state index in [1.165, 1.54) is 0 Å². The molecule has 0 radical (unpaired) electrons. The van der Waals surface area contributed by atoms with E-state index in [1.807, 2.05) is 25.1 Å². The van der Waals surface area contributed by atoms with Crippen molar-refractivity contribution in [2.24, 2.45) is 4.99 Å². The van der Waals surface area contributed by atoms with Crippen molar-refractivity contribution in [2.45, 2.75) is 26.1 Å². The lowest BCUT2D eigenvalue weighted by Gasteiger charge is -2.12. The number of rotatable bonds is 8. The highest BCUT2D eigenvalue weighted by atomic mass is 32.1. The lowest BCUT2D eigenvalue weighted by molar-refractivity contribution is -0.140. The maximum Gasteiger partial charge on any atom is 0.434 e. The SMILES string of the molecule is CCNC(=NCc1nc(C(F)(F)F)cs1)NCCc1ccc(OC)c(OC)c1. The molecular weight excluding hydrogens is 393 g/mol. The molecule has 10 heteroatoms. The second kappa shape index (κ2) is 10.2. The van der Waals surface area contributed by atoms with E-state index in [9.17, 15) is 13.2 Å². The molecule has 0 saturated heterocycles. The van der Waals surface area contributed by atoms with E-state index in [0.29, 0.717) is 42.0 Å². The molecule has 1 heterocycles. The van der Waals surface area contributed by atoms with E-state index in [2.05, 4.69) is 20.6 Å². The Morgan fingerprint density at radius 2 is 1.93 bits per heavy atom. The molecule has 0 aliphatic rings. The Labute approximate surface area is 165 Å². The standard InChI is InChI=1S/C18H23F3N4O2S/c1-4-22-17(24-10-16-25-15(11-28-16)18(19,20)21)23-8-7-12-5-6-13(26-2)14(9-12)27-3/h5-6,9,11H,4,7-8,10H2,1-3H3,(H2,22,23,24). The van der Waals surface area contributed by atoms with Crippen molar-refractivity contribution in [3.63, 3.8) is 0 Å². The number of aromatic nitrogens is 1. The summed E-state index contributed by atoms with van der Waals surface area (Å²) in [6.45, 7) is 3.21. The summed E-state index contributed by atoms with van der Waals surface area (Å²) < 4.78 is 48.4. The number of hydrogen-bond donors (Lipinski definition) is 2. The van der Waals surface area contributed by atoms with Gasteiger partial charge in [0.2, 0.25) is 0 Å². The van der Waals surface area contributed by atoms with Gasteiger partial charge < -0.3 is 20.1 Å².